The fraction of sp³-hybridized carbons (Fsp3) is 0.750. The summed E-state index contributed by atoms with van der Waals surface area (Å²) in [6.07, 6.45) is 5.69. The predicted molar refractivity (Wildman–Crippen MR) is 88.9 cm³/mol. The molecule has 0 atom stereocenters. The Morgan fingerprint density at radius 1 is 1.21 bits per heavy atom. The highest BCUT2D eigenvalue weighted by molar-refractivity contribution is 14.0. The zero-order valence-electron chi connectivity index (χ0n) is 12.0. The first kappa shape index (κ1) is 18.1. The number of halogens is 1. The first-order chi connectivity index (χ1) is 8.72. The molecule has 0 aromatic carbocycles. The third-order valence-corrected chi connectivity index (χ3v) is 2.50. The summed E-state index contributed by atoms with van der Waals surface area (Å²) in [7, 11) is 1.80. The molecule has 110 valence electrons. The first-order valence-corrected chi connectivity index (χ1v) is 6.49. The van der Waals surface area contributed by atoms with E-state index >= 15 is 0 Å². The highest BCUT2D eigenvalue weighted by Crippen LogP contribution is 1.93. The summed E-state index contributed by atoms with van der Waals surface area (Å²) >= 11 is 0. The number of hydrogen-bond donors (Lipinski definition) is 2. The van der Waals surface area contributed by atoms with E-state index in [1.54, 1.807) is 19.7 Å². The van der Waals surface area contributed by atoms with Gasteiger partial charge in [-0.15, -0.1) is 34.2 Å². The molecule has 2 N–H and O–H groups in total. The molecule has 7 heteroatoms. The van der Waals surface area contributed by atoms with Gasteiger partial charge in [0.2, 0.25) is 0 Å². The molecule has 1 aromatic rings. The van der Waals surface area contributed by atoms with Gasteiger partial charge in [-0.2, -0.15) is 0 Å². The van der Waals surface area contributed by atoms with Crippen molar-refractivity contribution in [2.24, 2.45) is 10.9 Å². The van der Waals surface area contributed by atoms with E-state index in [2.05, 4.69) is 39.7 Å². The Morgan fingerprint density at radius 2 is 1.89 bits per heavy atom. The second-order valence-corrected chi connectivity index (χ2v) is 4.68. The summed E-state index contributed by atoms with van der Waals surface area (Å²) < 4.78 is 1.99. The van der Waals surface area contributed by atoms with Crippen LogP contribution in [0.3, 0.4) is 0 Å². The predicted octanol–water partition coefficient (Wildman–Crippen LogP) is 1.50. The lowest BCUT2D eigenvalue weighted by Gasteiger charge is -2.13. The number of aromatic nitrogens is 3. The first-order valence-electron chi connectivity index (χ1n) is 6.49. The summed E-state index contributed by atoms with van der Waals surface area (Å²) in [4.78, 5) is 4.18. The highest BCUT2D eigenvalue weighted by Gasteiger charge is 1.98. The Hall–Kier alpha value is -0.860. The fourth-order valence-corrected chi connectivity index (χ4v) is 1.49. The van der Waals surface area contributed by atoms with Gasteiger partial charge < -0.3 is 15.2 Å². The molecule has 0 amide bonds. The Bertz CT molecular complexity index is 336. The molecule has 1 rings (SSSR count). The zero-order chi connectivity index (χ0) is 13.2. The molecule has 0 aliphatic rings. The molecular weight excluding hydrogens is 355 g/mol. The van der Waals surface area contributed by atoms with Crippen molar-refractivity contribution in [1.82, 2.24) is 25.4 Å². The second-order valence-electron chi connectivity index (χ2n) is 4.68. The Balaban J connectivity index is 0.00000324. The molecule has 1 heterocycles. The van der Waals surface area contributed by atoms with Crippen molar-refractivity contribution in [3.05, 3.63) is 12.7 Å². The van der Waals surface area contributed by atoms with Crippen LogP contribution in [0.2, 0.25) is 0 Å². The maximum atomic E-state index is 4.18. The Kier molecular flexibility index (Phi) is 10.5. The van der Waals surface area contributed by atoms with Crippen LogP contribution in [0.25, 0.3) is 0 Å². The SMILES string of the molecule is CN=C(NCCCCn1cnnc1)NCC(C)C.I. The van der Waals surface area contributed by atoms with Gasteiger partial charge in [0.1, 0.15) is 12.7 Å². The van der Waals surface area contributed by atoms with Crippen LogP contribution in [0.15, 0.2) is 17.6 Å². The molecule has 0 aliphatic heterocycles. The molecule has 0 aliphatic carbocycles. The van der Waals surface area contributed by atoms with E-state index in [9.17, 15) is 0 Å². The van der Waals surface area contributed by atoms with Crippen LogP contribution in [-0.4, -0.2) is 40.9 Å². The number of unbranched alkanes of at least 4 members (excludes halogenated alkanes) is 1. The van der Waals surface area contributed by atoms with Crippen LogP contribution in [0.5, 0.6) is 0 Å². The molecule has 0 unspecified atom stereocenters. The van der Waals surface area contributed by atoms with Gasteiger partial charge in [-0.25, -0.2) is 0 Å². The van der Waals surface area contributed by atoms with Gasteiger partial charge >= 0.3 is 0 Å². The largest absolute Gasteiger partial charge is 0.356 e. The number of aryl methyl sites for hydroxylation is 1. The van der Waals surface area contributed by atoms with Crippen LogP contribution in [-0.2, 0) is 6.54 Å². The Morgan fingerprint density at radius 3 is 2.47 bits per heavy atom. The molecule has 0 saturated carbocycles. The lowest BCUT2D eigenvalue weighted by Crippen LogP contribution is -2.39. The van der Waals surface area contributed by atoms with Crippen LogP contribution in [0, 0.1) is 5.92 Å². The van der Waals surface area contributed by atoms with Crippen LogP contribution in [0.4, 0.5) is 0 Å². The van der Waals surface area contributed by atoms with E-state index in [1.807, 2.05) is 4.57 Å². The Labute approximate surface area is 132 Å². The minimum absolute atomic E-state index is 0. The van der Waals surface area contributed by atoms with Crippen molar-refractivity contribution in [3.8, 4) is 0 Å². The molecule has 6 nitrogen and oxygen atoms in total. The summed E-state index contributed by atoms with van der Waals surface area (Å²) in [6.45, 7) is 7.20. The van der Waals surface area contributed by atoms with Crippen molar-refractivity contribution >= 4 is 29.9 Å². The molecule has 0 spiro atoms. The number of nitrogens with one attached hydrogen (secondary N) is 2. The van der Waals surface area contributed by atoms with Crippen molar-refractivity contribution in [1.29, 1.82) is 0 Å². The lowest BCUT2D eigenvalue weighted by molar-refractivity contribution is 0.587. The summed E-state index contributed by atoms with van der Waals surface area (Å²) in [5, 5.41) is 14.1. The molecule has 0 bridgehead atoms. The van der Waals surface area contributed by atoms with Gasteiger partial charge in [-0.1, -0.05) is 13.8 Å². The molecule has 0 fully saturated rings. The van der Waals surface area contributed by atoms with Gasteiger partial charge in [0.05, 0.1) is 0 Å². The number of aliphatic imine (C=N–C) groups is 1. The number of nitrogens with zero attached hydrogens (tertiary/aromatic N) is 4. The zero-order valence-corrected chi connectivity index (χ0v) is 14.3. The van der Waals surface area contributed by atoms with Gasteiger partial charge in [-0.3, -0.25) is 4.99 Å². The standard InChI is InChI=1S/C12H24N6.HI/c1-11(2)8-15-12(13-3)14-6-4-5-7-18-9-16-17-10-18;/h9-11H,4-8H2,1-3H3,(H2,13,14,15);1H. The number of rotatable bonds is 7. The number of hydrogen-bond acceptors (Lipinski definition) is 3. The van der Waals surface area contributed by atoms with E-state index in [0.29, 0.717) is 5.92 Å². The maximum absolute atomic E-state index is 4.18. The number of guanidine groups is 1. The van der Waals surface area contributed by atoms with Crippen molar-refractivity contribution in [3.63, 3.8) is 0 Å². The van der Waals surface area contributed by atoms with E-state index < -0.39 is 0 Å². The normalized spacial score (nSPS) is 11.3. The summed E-state index contributed by atoms with van der Waals surface area (Å²) in [6, 6.07) is 0. The van der Waals surface area contributed by atoms with Crippen LogP contribution in [0.1, 0.15) is 26.7 Å². The van der Waals surface area contributed by atoms with Crippen LogP contribution >= 0.6 is 24.0 Å². The summed E-state index contributed by atoms with van der Waals surface area (Å²) in [5.41, 5.74) is 0. The van der Waals surface area contributed by atoms with Gasteiger partial charge in [0.25, 0.3) is 0 Å². The van der Waals surface area contributed by atoms with Crippen molar-refractivity contribution in [2.75, 3.05) is 20.1 Å². The fourth-order valence-electron chi connectivity index (χ4n) is 1.49. The molecular formula is C12H25IN6. The average molecular weight is 380 g/mol. The van der Waals surface area contributed by atoms with Crippen molar-refractivity contribution < 1.29 is 0 Å². The maximum Gasteiger partial charge on any atom is 0.190 e. The monoisotopic (exact) mass is 380 g/mol. The van der Waals surface area contributed by atoms with Crippen molar-refractivity contribution in [2.45, 2.75) is 33.2 Å². The second kappa shape index (κ2) is 11.0. The molecule has 0 saturated heterocycles. The van der Waals surface area contributed by atoms with E-state index in [4.69, 9.17) is 0 Å². The van der Waals surface area contributed by atoms with Crippen LogP contribution < -0.4 is 10.6 Å². The van der Waals surface area contributed by atoms with E-state index in [-0.39, 0.29) is 24.0 Å². The lowest BCUT2D eigenvalue weighted by atomic mass is 10.2. The van der Waals surface area contributed by atoms with Gasteiger partial charge in [-0.05, 0) is 18.8 Å². The highest BCUT2D eigenvalue weighted by atomic mass is 127. The smallest absolute Gasteiger partial charge is 0.190 e. The third-order valence-electron chi connectivity index (χ3n) is 2.50. The average Bonchev–Trinajstić information content (AvgIpc) is 2.85. The van der Waals surface area contributed by atoms with E-state index in [0.717, 1.165) is 38.4 Å². The minimum atomic E-state index is 0. The summed E-state index contributed by atoms with van der Waals surface area (Å²) in [5.74, 6) is 1.50. The van der Waals surface area contributed by atoms with Gasteiger partial charge in [0, 0.05) is 26.7 Å². The molecule has 19 heavy (non-hydrogen) atoms. The molecule has 0 radical (unpaired) electrons. The quantitative estimate of drug-likeness (QED) is 0.326. The van der Waals surface area contributed by atoms with Gasteiger partial charge in [0.15, 0.2) is 5.96 Å². The third kappa shape index (κ3) is 8.79. The van der Waals surface area contributed by atoms with E-state index in [1.165, 1.54) is 0 Å². The molecule has 1 aromatic heterocycles. The topological polar surface area (TPSA) is 67.1 Å². The minimum Gasteiger partial charge on any atom is -0.356 e.